The fourth-order valence-electron chi connectivity index (χ4n) is 3.53. The molecule has 0 amide bonds. The lowest BCUT2D eigenvalue weighted by Crippen LogP contribution is -2.21. The molecule has 1 aromatic carbocycles. The summed E-state index contributed by atoms with van der Waals surface area (Å²) in [6, 6.07) is 4.95. The first-order valence-corrected chi connectivity index (χ1v) is 7.72. The normalized spacial score (nSPS) is 17.6. The van der Waals surface area contributed by atoms with Crippen molar-refractivity contribution in [1.82, 2.24) is 0 Å². The topological polar surface area (TPSA) is 57.5 Å². The second-order valence-electron chi connectivity index (χ2n) is 6.10. The molecule has 0 unspecified atom stereocenters. The van der Waals surface area contributed by atoms with Crippen LogP contribution in [0.2, 0.25) is 0 Å². The molecule has 114 valence electrons. The molecule has 2 N–H and O–H groups in total. The Bertz CT molecular complexity index is 578. The highest BCUT2D eigenvalue weighted by molar-refractivity contribution is 6.24. The van der Waals surface area contributed by atoms with Crippen LogP contribution in [0.3, 0.4) is 0 Å². The van der Waals surface area contributed by atoms with Crippen molar-refractivity contribution in [2.75, 3.05) is 0 Å². The van der Waals surface area contributed by atoms with E-state index in [9.17, 15) is 15.0 Å². The predicted octanol–water partition coefficient (Wildman–Crippen LogP) is 4.53. The molecule has 0 spiro atoms. The summed E-state index contributed by atoms with van der Waals surface area (Å²) in [4.78, 5) is 12.5. The van der Waals surface area contributed by atoms with E-state index in [1.807, 2.05) is 6.92 Å². The molecule has 1 aromatic rings. The van der Waals surface area contributed by atoms with Crippen molar-refractivity contribution in [2.45, 2.75) is 52.9 Å². The molecule has 1 aliphatic rings. The molecule has 3 nitrogen and oxygen atoms in total. The number of ketones is 1. The Kier molecular flexibility index (Phi) is 4.40. The maximum atomic E-state index is 12.5. The SMILES string of the molecule is CCCC1(CCC)CC(=O)C(c2cc(O)ccc2C)=C1O. The summed E-state index contributed by atoms with van der Waals surface area (Å²) in [5.41, 5.74) is 1.55. The van der Waals surface area contributed by atoms with Gasteiger partial charge in [0, 0.05) is 11.8 Å². The number of hydrogen-bond acceptors (Lipinski definition) is 3. The lowest BCUT2D eigenvalue weighted by molar-refractivity contribution is -0.114. The standard InChI is InChI=1S/C18H24O3/c1-4-8-18(9-5-2)11-15(20)16(17(18)21)14-10-13(19)7-6-12(14)3/h6-7,10,19,21H,4-5,8-9,11H2,1-3H3. The summed E-state index contributed by atoms with van der Waals surface area (Å²) in [5.74, 6) is 0.334. The van der Waals surface area contributed by atoms with Crippen molar-refractivity contribution >= 4 is 11.4 Å². The fraction of sp³-hybridized carbons (Fsp3) is 0.500. The Balaban J connectivity index is 2.57. The lowest BCUT2D eigenvalue weighted by atomic mass is 9.77. The molecule has 0 radical (unpaired) electrons. The summed E-state index contributed by atoms with van der Waals surface area (Å²) in [6.45, 7) is 6.04. The van der Waals surface area contributed by atoms with Crippen LogP contribution in [-0.4, -0.2) is 16.0 Å². The maximum Gasteiger partial charge on any atom is 0.167 e. The second-order valence-corrected chi connectivity index (χ2v) is 6.10. The number of aromatic hydroxyl groups is 1. The number of hydrogen-bond donors (Lipinski definition) is 2. The van der Waals surface area contributed by atoms with Crippen LogP contribution in [-0.2, 0) is 4.79 Å². The molecule has 2 rings (SSSR count). The van der Waals surface area contributed by atoms with E-state index in [2.05, 4.69) is 13.8 Å². The van der Waals surface area contributed by atoms with Gasteiger partial charge in [0.25, 0.3) is 0 Å². The van der Waals surface area contributed by atoms with Gasteiger partial charge < -0.3 is 10.2 Å². The van der Waals surface area contributed by atoms with E-state index in [0.717, 1.165) is 31.2 Å². The molecule has 0 heterocycles. The molecular weight excluding hydrogens is 264 g/mol. The molecule has 0 aromatic heterocycles. The van der Waals surface area contributed by atoms with Crippen molar-refractivity contribution in [1.29, 1.82) is 0 Å². The zero-order valence-electron chi connectivity index (χ0n) is 13.1. The number of allylic oxidation sites excluding steroid dienone is 2. The van der Waals surface area contributed by atoms with Gasteiger partial charge in [-0.1, -0.05) is 32.8 Å². The molecule has 0 saturated carbocycles. The van der Waals surface area contributed by atoms with Gasteiger partial charge in [0.15, 0.2) is 5.78 Å². The maximum absolute atomic E-state index is 12.5. The van der Waals surface area contributed by atoms with Gasteiger partial charge in [-0.2, -0.15) is 0 Å². The molecule has 1 aliphatic carbocycles. The number of benzene rings is 1. The lowest BCUT2D eigenvalue weighted by Gasteiger charge is -2.28. The van der Waals surface area contributed by atoms with Gasteiger partial charge in [0.05, 0.1) is 5.57 Å². The Labute approximate surface area is 126 Å². The highest BCUT2D eigenvalue weighted by atomic mass is 16.3. The van der Waals surface area contributed by atoms with Crippen molar-refractivity contribution in [3.05, 3.63) is 35.1 Å². The quantitative estimate of drug-likeness (QED) is 0.837. The van der Waals surface area contributed by atoms with E-state index < -0.39 is 5.41 Å². The summed E-state index contributed by atoms with van der Waals surface area (Å²) < 4.78 is 0. The number of aryl methyl sites for hydroxylation is 1. The summed E-state index contributed by atoms with van der Waals surface area (Å²) in [7, 11) is 0. The minimum atomic E-state index is -0.409. The van der Waals surface area contributed by atoms with Gasteiger partial charge in [-0.3, -0.25) is 4.79 Å². The van der Waals surface area contributed by atoms with E-state index in [0.29, 0.717) is 17.6 Å². The molecular formula is C18H24O3. The number of phenolic OH excluding ortho intramolecular Hbond substituents is 1. The van der Waals surface area contributed by atoms with Crippen LogP contribution in [0.15, 0.2) is 24.0 Å². The van der Waals surface area contributed by atoms with Crippen LogP contribution in [0.1, 0.15) is 57.1 Å². The van der Waals surface area contributed by atoms with E-state index >= 15 is 0 Å². The van der Waals surface area contributed by atoms with Gasteiger partial charge in [0.2, 0.25) is 0 Å². The number of rotatable bonds is 5. The Morgan fingerprint density at radius 1 is 1.14 bits per heavy atom. The zero-order chi connectivity index (χ0) is 15.6. The van der Waals surface area contributed by atoms with E-state index in [1.165, 1.54) is 0 Å². The van der Waals surface area contributed by atoms with Crippen LogP contribution in [0.5, 0.6) is 5.75 Å². The van der Waals surface area contributed by atoms with Crippen molar-refractivity contribution in [3.8, 4) is 5.75 Å². The zero-order valence-corrected chi connectivity index (χ0v) is 13.1. The number of carbonyl (C=O) groups excluding carboxylic acids is 1. The van der Waals surface area contributed by atoms with Crippen LogP contribution >= 0.6 is 0 Å². The predicted molar refractivity (Wildman–Crippen MR) is 84.3 cm³/mol. The Morgan fingerprint density at radius 3 is 2.33 bits per heavy atom. The average molecular weight is 288 g/mol. The van der Waals surface area contributed by atoms with Crippen LogP contribution in [0, 0.1) is 12.3 Å². The Hall–Kier alpha value is -1.77. The Morgan fingerprint density at radius 2 is 1.76 bits per heavy atom. The minimum absolute atomic E-state index is 0.0110. The molecule has 3 heteroatoms. The molecule has 0 saturated heterocycles. The minimum Gasteiger partial charge on any atom is -0.511 e. The first kappa shape index (κ1) is 15.6. The third-order valence-electron chi connectivity index (χ3n) is 4.46. The van der Waals surface area contributed by atoms with Crippen molar-refractivity contribution < 1.29 is 15.0 Å². The molecule has 0 fully saturated rings. The highest BCUT2D eigenvalue weighted by Gasteiger charge is 2.45. The van der Waals surface area contributed by atoms with Gasteiger partial charge in [-0.15, -0.1) is 0 Å². The smallest absolute Gasteiger partial charge is 0.167 e. The number of aliphatic hydroxyl groups excluding tert-OH is 1. The summed E-state index contributed by atoms with van der Waals surface area (Å²) >= 11 is 0. The van der Waals surface area contributed by atoms with E-state index in [1.54, 1.807) is 18.2 Å². The summed E-state index contributed by atoms with van der Waals surface area (Å²) in [6.07, 6.45) is 3.89. The first-order valence-electron chi connectivity index (χ1n) is 7.72. The van der Waals surface area contributed by atoms with Gasteiger partial charge in [-0.25, -0.2) is 0 Å². The number of aliphatic hydroxyl groups is 1. The fourth-order valence-corrected chi connectivity index (χ4v) is 3.53. The second kappa shape index (κ2) is 5.92. The van der Waals surface area contributed by atoms with Crippen LogP contribution in [0.25, 0.3) is 5.57 Å². The monoisotopic (exact) mass is 288 g/mol. The van der Waals surface area contributed by atoms with Crippen LogP contribution in [0.4, 0.5) is 0 Å². The first-order chi connectivity index (χ1) is 9.95. The highest BCUT2D eigenvalue weighted by Crippen LogP contribution is 2.50. The number of phenols is 1. The van der Waals surface area contributed by atoms with Gasteiger partial charge in [0.1, 0.15) is 11.5 Å². The molecule has 0 aliphatic heterocycles. The molecule has 21 heavy (non-hydrogen) atoms. The molecule has 0 atom stereocenters. The molecule has 0 bridgehead atoms. The number of Topliss-reactive ketones (excluding diaryl/α,β-unsaturated/α-hetero) is 1. The number of carbonyl (C=O) groups is 1. The van der Waals surface area contributed by atoms with Gasteiger partial charge >= 0.3 is 0 Å². The third-order valence-corrected chi connectivity index (χ3v) is 4.46. The van der Waals surface area contributed by atoms with E-state index in [4.69, 9.17) is 0 Å². The van der Waals surface area contributed by atoms with Crippen LogP contribution < -0.4 is 0 Å². The van der Waals surface area contributed by atoms with Crippen molar-refractivity contribution in [3.63, 3.8) is 0 Å². The van der Waals surface area contributed by atoms with Gasteiger partial charge in [-0.05, 0) is 43.0 Å². The van der Waals surface area contributed by atoms with E-state index in [-0.39, 0.29) is 17.3 Å². The summed E-state index contributed by atoms with van der Waals surface area (Å²) in [5, 5.41) is 20.5. The third kappa shape index (κ3) is 2.69. The van der Waals surface area contributed by atoms with Crippen molar-refractivity contribution in [2.24, 2.45) is 5.41 Å². The largest absolute Gasteiger partial charge is 0.511 e. The average Bonchev–Trinajstić information content (AvgIpc) is 2.65.